The SMILES string of the molecule is Cc1sc2nc(CC(=O)NC3CCCCC3)[nH]c(=O)c2c1-c1ccccc1. The number of aromatic nitrogens is 2. The summed E-state index contributed by atoms with van der Waals surface area (Å²) >= 11 is 1.50. The summed E-state index contributed by atoms with van der Waals surface area (Å²) in [5.74, 6) is 0.364. The van der Waals surface area contributed by atoms with Crippen LogP contribution in [0.25, 0.3) is 21.3 Å². The van der Waals surface area contributed by atoms with Gasteiger partial charge in [0.15, 0.2) is 0 Å². The van der Waals surface area contributed by atoms with Gasteiger partial charge in [0.25, 0.3) is 5.56 Å². The maximum Gasteiger partial charge on any atom is 0.260 e. The van der Waals surface area contributed by atoms with E-state index in [0.29, 0.717) is 16.0 Å². The smallest absolute Gasteiger partial charge is 0.260 e. The first-order valence-corrected chi connectivity index (χ1v) is 10.3. The molecule has 5 nitrogen and oxygen atoms in total. The van der Waals surface area contributed by atoms with Crippen LogP contribution in [-0.2, 0) is 11.2 Å². The minimum absolute atomic E-state index is 0.0686. The van der Waals surface area contributed by atoms with Gasteiger partial charge < -0.3 is 10.3 Å². The number of nitrogens with one attached hydrogen (secondary N) is 2. The lowest BCUT2D eigenvalue weighted by Crippen LogP contribution is -2.37. The summed E-state index contributed by atoms with van der Waals surface area (Å²) in [5, 5.41) is 3.69. The molecular formula is C21H23N3O2S. The number of carbonyl (C=O) groups excluding carboxylic acids is 1. The number of aryl methyl sites for hydroxylation is 1. The van der Waals surface area contributed by atoms with E-state index in [2.05, 4.69) is 15.3 Å². The van der Waals surface area contributed by atoms with Crippen molar-refractivity contribution in [3.63, 3.8) is 0 Å². The third-order valence-corrected chi connectivity index (χ3v) is 6.15. The third-order valence-electron chi connectivity index (χ3n) is 5.15. The number of benzene rings is 1. The number of aromatic amines is 1. The van der Waals surface area contributed by atoms with Crippen molar-refractivity contribution in [3.8, 4) is 11.1 Å². The van der Waals surface area contributed by atoms with Crippen molar-refractivity contribution in [1.29, 1.82) is 0 Å². The van der Waals surface area contributed by atoms with E-state index in [0.717, 1.165) is 28.8 Å². The van der Waals surface area contributed by atoms with Crippen LogP contribution < -0.4 is 10.9 Å². The van der Waals surface area contributed by atoms with Crippen LogP contribution in [0.15, 0.2) is 35.1 Å². The number of rotatable bonds is 4. The van der Waals surface area contributed by atoms with Crippen molar-refractivity contribution in [2.24, 2.45) is 0 Å². The Kier molecular flexibility index (Phi) is 5.07. The number of H-pyrrole nitrogens is 1. The fourth-order valence-electron chi connectivity index (χ4n) is 3.88. The van der Waals surface area contributed by atoms with Crippen LogP contribution in [0.4, 0.5) is 0 Å². The zero-order chi connectivity index (χ0) is 18.8. The number of hydrogen-bond donors (Lipinski definition) is 2. The lowest BCUT2D eigenvalue weighted by atomic mass is 9.95. The van der Waals surface area contributed by atoms with Crippen LogP contribution in [0.1, 0.15) is 42.8 Å². The molecule has 1 aliphatic rings. The molecule has 3 aromatic rings. The fourth-order valence-corrected chi connectivity index (χ4v) is 4.94. The molecule has 0 atom stereocenters. The van der Waals surface area contributed by atoms with Gasteiger partial charge in [0.05, 0.1) is 11.8 Å². The average Bonchev–Trinajstić information content (AvgIpc) is 2.99. The topological polar surface area (TPSA) is 74.8 Å². The average molecular weight is 382 g/mol. The molecule has 2 N–H and O–H groups in total. The van der Waals surface area contributed by atoms with E-state index in [-0.39, 0.29) is 23.9 Å². The summed E-state index contributed by atoms with van der Waals surface area (Å²) in [6.07, 6.45) is 5.78. The van der Waals surface area contributed by atoms with Crippen LogP contribution in [0.3, 0.4) is 0 Å². The highest BCUT2D eigenvalue weighted by molar-refractivity contribution is 7.19. The van der Waals surface area contributed by atoms with Crippen molar-refractivity contribution in [3.05, 3.63) is 51.4 Å². The molecule has 1 amide bonds. The molecule has 1 fully saturated rings. The van der Waals surface area contributed by atoms with Crippen LogP contribution in [-0.4, -0.2) is 21.9 Å². The summed E-state index contributed by atoms with van der Waals surface area (Å²) in [4.78, 5) is 34.3. The number of fused-ring (bicyclic) bond motifs is 1. The molecule has 1 saturated carbocycles. The Morgan fingerprint density at radius 3 is 2.70 bits per heavy atom. The second kappa shape index (κ2) is 7.64. The zero-order valence-electron chi connectivity index (χ0n) is 15.4. The monoisotopic (exact) mass is 381 g/mol. The summed E-state index contributed by atoms with van der Waals surface area (Å²) < 4.78 is 0. The molecule has 4 rings (SSSR count). The van der Waals surface area contributed by atoms with Gasteiger partial charge in [-0.25, -0.2) is 4.98 Å². The largest absolute Gasteiger partial charge is 0.353 e. The molecule has 1 aromatic carbocycles. The predicted octanol–water partition coefficient (Wildman–Crippen LogP) is 3.95. The molecule has 0 saturated heterocycles. The summed E-state index contributed by atoms with van der Waals surface area (Å²) in [6, 6.07) is 10.1. The Balaban J connectivity index is 1.61. The number of thiophene rings is 1. The van der Waals surface area contributed by atoms with Crippen molar-refractivity contribution in [2.75, 3.05) is 0 Å². The van der Waals surface area contributed by atoms with Gasteiger partial charge in [-0.05, 0) is 25.3 Å². The molecule has 27 heavy (non-hydrogen) atoms. The highest BCUT2D eigenvalue weighted by atomic mass is 32.1. The highest BCUT2D eigenvalue weighted by Crippen LogP contribution is 2.35. The molecule has 1 aliphatic carbocycles. The van der Waals surface area contributed by atoms with Crippen molar-refractivity contribution in [2.45, 2.75) is 51.5 Å². The van der Waals surface area contributed by atoms with Gasteiger partial charge in [-0.15, -0.1) is 11.3 Å². The standard InChI is InChI=1S/C21H23N3O2S/c1-13-18(14-8-4-2-5-9-14)19-20(26)23-16(24-21(19)27-13)12-17(25)22-15-10-6-3-7-11-15/h2,4-5,8-9,15H,3,6-7,10-12H2,1H3,(H,22,25)(H,23,24,26). The first kappa shape index (κ1) is 17.9. The molecule has 0 aliphatic heterocycles. The van der Waals surface area contributed by atoms with Crippen LogP contribution in [0.2, 0.25) is 0 Å². The van der Waals surface area contributed by atoms with Gasteiger partial charge >= 0.3 is 0 Å². The minimum Gasteiger partial charge on any atom is -0.353 e. The van der Waals surface area contributed by atoms with Crippen molar-refractivity contribution in [1.82, 2.24) is 15.3 Å². The van der Waals surface area contributed by atoms with Crippen molar-refractivity contribution < 1.29 is 4.79 Å². The minimum atomic E-state index is -0.177. The van der Waals surface area contributed by atoms with E-state index < -0.39 is 0 Å². The molecular weight excluding hydrogens is 358 g/mol. The van der Waals surface area contributed by atoms with E-state index in [1.165, 1.54) is 30.6 Å². The zero-order valence-corrected chi connectivity index (χ0v) is 16.2. The summed E-state index contributed by atoms with van der Waals surface area (Å²) in [7, 11) is 0. The molecule has 2 aromatic heterocycles. The fraction of sp³-hybridized carbons (Fsp3) is 0.381. The van der Waals surface area contributed by atoms with Crippen LogP contribution >= 0.6 is 11.3 Å². The lowest BCUT2D eigenvalue weighted by molar-refractivity contribution is -0.121. The van der Waals surface area contributed by atoms with Gasteiger partial charge in [-0.2, -0.15) is 0 Å². The van der Waals surface area contributed by atoms with E-state index in [1.54, 1.807) is 0 Å². The Morgan fingerprint density at radius 2 is 1.96 bits per heavy atom. The summed E-state index contributed by atoms with van der Waals surface area (Å²) in [6.45, 7) is 2.00. The van der Waals surface area contributed by atoms with Gasteiger partial charge in [0.2, 0.25) is 5.91 Å². The third kappa shape index (κ3) is 3.81. The lowest BCUT2D eigenvalue weighted by Gasteiger charge is -2.22. The number of carbonyl (C=O) groups is 1. The van der Waals surface area contributed by atoms with Crippen molar-refractivity contribution >= 4 is 27.5 Å². The van der Waals surface area contributed by atoms with Gasteiger partial charge in [-0.3, -0.25) is 9.59 Å². The predicted molar refractivity (Wildman–Crippen MR) is 109 cm³/mol. The number of hydrogen-bond acceptors (Lipinski definition) is 4. The van der Waals surface area contributed by atoms with Crippen LogP contribution in [0.5, 0.6) is 0 Å². The quantitative estimate of drug-likeness (QED) is 0.718. The molecule has 0 bridgehead atoms. The maximum atomic E-state index is 12.8. The molecule has 0 radical (unpaired) electrons. The Bertz CT molecular complexity index is 1020. The van der Waals surface area contributed by atoms with E-state index >= 15 is 0 Å². The summed E-state index contributed by atoms with van der Waals surface area (Å²) in [5.41, 5.74) is 1.77. The first-order chi connectivity index (χ1) is 13.1. The normalized spacial score (nSPS) is 15.1. The van der Waals surface area contributed by atoms with Crippen LogP contribution in [0, 0.1) is 6.92 Å². The molecule has 0 spiro atoms. The Hall–Kier alpha value is -2.47. The molecule has 0 unspecified atom stereocenters. The van der Waals surface area contributed by atoms with E-state index in [1.807, 2.05) is 37.3 Å². The second-order valence-corrected chi connectivity index (χ2v) is 8.37. The second-order valence-electron chi connectivity index (χ2n) is 7.17. The highest BCUT2D eigenvalue weighted by Gasteiger charge is 2.19. The van der Waals surface area contributed by atoms with Gasteiger partial charge in [-0.1, -0.05) is 49.6 Å². The molecule has 6 heteroatoms. The number of nitrogens with zero attached hydrogens (tertiary/aromatic N) is 1. The number of amides is 1. The molecule has 2 heterocycles. The van der Waals surface area contributed by atoms with Gasteiger partial charge in [0.1, 0.15) is 10.7 Å². The van der Waals surface area contributed by atoms with E-state index in [4.69, 9.17) is 0 Å². The molecule has 140 valence electrons. The Labute approximate surface area is 161 Å². The van der Waals surface area contributed by atoms with E-state index in [9.17, 15) is 9.59 Å². The first-order valence-electron chi connectivity index (χ1n) is 9.49. The Morgan fingerprint density at radius 1 is 1.22 bits per heavy atom. The maximum absolute atomic E-state index is 12.8. The van der Waals surface area contributed by atoms with Gasteiger partial charge in [0, 0.05) is 16.5 Å².